The predicted octanol–water partition coefficient (Wildman–Crippen LogP) is 6.00. The fourth-order valence-corrected chi connectivity index (χ4v) is 3.13. The minimum atomic E-state index is -4.46. The van der Waals surface area contributed by atoms with Crippen LogP contribution in [0.15, 0.2) is 59.7 Å². The van der Waals surface area contributed by atoms with Gasteiger partial charge in [0.15, 0.2) is 10.3 Å². The van der Waals surface area contributed by atoms with Crippen LogP contribution in [0.1, 0.15) is 10.4 Å². The van der Waals surface area contributed by atoms with E-state index in [9.17, 15) is 13.2 Å². The Hall–Kier alpha value is -2.58. The molecular weight excluding hydrogens is 385 g/mol. The molecule has 2 N–H and O–H groups in total. The second-order valence-electron chi connectivity index (χ2n) is 5.08. The topological polar surface area (TPSA) is 49.3 Å². The summed E-state index contributed by atoms with van der Waals surface area (Å²) in [5, 5.41) is 7.71. The third kappa shape index (κ3) is 4.53. The van der Waals surface area contributed by atoms with Gasteiger partial charge < -0.3 is 5.32 Å². The molecule has 4 nitrogen and oxygen atoms in total. The highest BCUT2D eigenvalue weighted by atomic mass is 35.5. The summed E-state index contributed by atoms with van der Waals surface area (Å²) < 4.78 is 38.8. The van der Waals surface area contributed by atoms with Crippen LogP contribution in [-0.4, -0.2) is 11.2 Å². The monoisotopic (exact) mass is 396 g/mol. The van der Waals surface area contributed by atoms with Crippen molar-refractivity contribution < 1.29 is 13.2 Å². The quantitative estimate of drug-likeness (QED) is 0.410. The SMILES string of the molecule is FC(F)(F)c1ccccc1N/N=C\c1sc(Nc2ccccc2)nc1Cl. The number of nitrogens with one attached hydrogen (secondary N) is 2. The first-order valence-electron chi connectivity index (χ1n) is 7.37. The maximum Gasteiger partial charge on any atom is 0.418 e. The minimum absolute atomic E-state index is 0.139. The number of nitrogens with zero attached hydrogens (tertiary/aromatic N) is 2. The van der Waals surface area contributed by atoms with Crippen molar-refractivity contribution in [2.45, 2.75) is 6.18 Å². The number of hydrazone groups is 1. The molecule has 0 aliphatic rings. The highest BCUT2D eigenvalue weighted by Crippen LogP contribution is 2.34. The zero-order valence-corrected chi connectivity index (χ0v) is 14.7. The third-order valence-corrected chi connectivity index (χ3v) is 4.54. The molecule has 3 rings (SSSR count). The van der Waals surface area contributed by atoms with Crippen LogP contribution >= 0.6 is 22.9 Å². The standard InChI is InChI=1S/C17H12ClF3N4S/c18-15-14(26-16(24-15)23-11-6-2-1-3-7-11)10-22-25-13-9-5-4-8-12(13)17(19,20)21/h1-10,25H,(H,23,24)/b22-10-. The number of hydrogen-bond donors (Lipinski definition) is 2. The molecular formula is C17H12ClF3N4S. The second-order valence-corrected chi connectivity index (χ2v) is 6.47. The van der Waals surface area contributed by atoms with Crippen molar-refractivity contribution >= 4 is 45.7 Å². The average molecular weight is 397 g/mol. The summed E-state index contributed by atoms with van der Waals surface area (Å²) >= 11 is 7.29. The number of alkyl halides is 3. The van der Waals surface area contributed by atoms with E-state index in [1.807, 2.05) is 30.3 Å². The second kappa shape index (κ2) is 7.76. The van der Waals surface area contributed by atoms with Crippen LogP contribution in [0.5, 0.6) is 0 Å². The van der Waals surface area contributed by atoms with Crippen LogP contribution in [0.25, 0.3) is 0 Å². The molecule has 1 heterocycles. The lowest BCUT2D eigenvalue weighted by atomic mass is 10.2. The number of halogens is 4. The number of thiazole rings is 1. The molecule has 1 aromatic heterocycles. The molecule has 0 saturated carbocycles. The van der Waals surface area contributed by atoms with Gasteiger partial charge >= 0.3 is 6.18 Å². The molecule has 0 unspecified atom stereocenters. The van der Waals surface area contributed by atoms with Crippen LogP contribution in [0.4, 0.5) is 29.7 Å². The molecule has 0 fully saturated rings. The van der Waals surface area contributed by atoms with Crippen molar-refractivity contribution in [1.29, 1.82) is 0 Å². The number of aromatic nitrogens is 1. The van der Waals surface area contributed by atoms with Crippen molar-refractivity contribution in [2.75, 3.05) is 10.7 Å². The van der Waals surface area contributed by atoms with E-state index >= 15 is 0 Å². The Balaban J connectivity index is 1.72. The lowest BCUT2D eigenvalue weighted by Gasteiger charge is -2.11. The highest BCUT2D eigenvalue weighted by Gasteiger charge is 2.33. The number of anilines is 3. The van der Waals surface area contributed by atoms with Crippen molar-refractivity contribution in [3.63, 3.8) is 0 Å². The third-order valence-electron chi connectivity index (χ3n) is 3.23. The van der Waals surface area contributed by atoms with Gasteiger partial charge in [0.25, 0.3) is 0 Å². The Labute approximate surface area is 156 Å². The molecule has 0 aliphatic carbocycles. The molecule has 26 heavy (non-hydrogen) atoms. The number of benzene rings is 2. The fourth-order valence-electron chi connectivity index (χ4n) is 2.08. The highest BCUT2D eigenvalue weighted by molar-refractivity contribution is 7.17. The summed E-state index contributed by atoms with van der Waals surface area (Å²) in [6, 6.07) is 14.5. The van der Waals surface area contributed by atoms with E-state index < -0.39 is 11.7 Å². The molecule has 0 bridgehead atoms. The molecule has 0 spiro atoms. The van der Waals surface area contributed by atoms with Crippen molar-refractivity contribution in [1.82, 2.24) is 4.98 Å². The summed E-state index contributed by atoms with van der Waals surface area (Å²) in [5.41, 5.74) is 2.32. The van der Waals surface area contributed by atoms with E-state index in [0.717, 1.165) is 11.8 Å². The van der Waals surface area contributed by atoms with Gasteiger partial charge in [-0.05, 0) is 24.3 Å². The van der Waals surface area contributed by atoms with Crippen molar-refractivity contribution in [2.24, 2.45) is 5.10 Å². The first-order valence-corrected chi connectivity index (χ1v) is 8.56. The summed E-state index contributed by atoms with van der Waals surface area (Å²) in [4.78, 5) is 4.68. The average Bonchev–Trinajstić information content (AvgIpc) is 2.95. The van der Waals surface area contributed by atoms with Crippen molar-refractivity contribution in [3.8, 4) is 0 Å². The number of rotatable bonds is 5. The molecule has 3 aromatic rings. The van der Waals surface area contributed by atoms with E-state index in [-0.39, 0.29) is 10.8 Å². The molecule has 0 saturated heterocycles. The summed E-state index contributed by atoms with van der Waals surface area (Å²) in [7, 11) is 0. The fraction of sp³-hybridized carbons (Fsp3) is 0.0588. The van der Waals surface area contributed by atoms with Crippen molar-refractivity contribution in [3.05, 3.63) is 70.2 Å². The van der Waals surface area contributed by atoms with Gasteiger partial charge in [-0.1, -0.05) is 53.3 Å². The van der Waals surface area contributed by atoms with Gasteiger partial charge in [0.05, 0.1) is 22.3 Å². The lowest BCUT2D eigenvalue weighted by molar-refractivity contribution is -0.136. The Bertz CT molecular complexity index is 910. The first-order chi connectivity index (χ1) is 12.4. The number of para-hydroxylation sites is 2. The minimum Gasteiger partial charge on any atom is -0.331 e. The Morgan fingerprint density at radius 2 is 1.73 bits per heavy atom. The zero-order valence-electron chi connectivity index (χ0n) is 13.1. The molecule has 2 aromatic carbocycles. The Kier molecular flexibility index (Phi) is 5.43. The van der Waals surface area contributed by atoms with Crippen LogP contribution in [0.2, 0.25) is 5.15 Å². The number of hydrogen-bond acceptors (Lipinski definition) is 5. The van der Waals surface area contributed by atoms with Gasteiger partial charge in [0.2, 0.25) is 0 Å². The Morgan fingerprint density at radius 3 is 2.46 bits per heavy atom. The Morgan fingerprint density at radius 1 is 1.04 bits per heavy atom. The summed E-state index contributed by atoms with van der Waals surface area (Å²) in [6.07, 6.45) is -3.13. The smallest absolute Gasteiger partial charge is 0.331 e. The van der Waals surface area contributed by atoms with Gasteiger partial charge in [0, 0.05) is 5.69 Å². The first kappa shape index (κ1) is 18.2. The van der Waals surface area contributed by atoms with E-state index in [1.54, 1.807) is 0 Å². The van der Waals surface area contributed by atoms with Gasteiger partial charge in [-0.2, -0.15) is 18.3 Å². The largest absolute Gasteiger partial charge is 0.418 e. The molecule has 9 heteroatoms. The van der Waals surface area contributed by atoms with Crippen LogP contribution in [0.3, 0.4) is 0 Å². The van der Waals surface area contributed by atoms with Gasteiger partial charge in [-0.25, -0.2) is 4.98 Å². The van der Waals surface area contributed by atoms with Crippen LogP contribution in [-0.2, 0) is 6.18 Å². The molecule has 0 aliphatic heterocycles. The lowest BCUT2D eigenvalue weighted by Crippen LogP contribution is -2.08. The predicted molar refractivity (Wildman–Crippen MR) is 99.5 cm³/mol. The van der Waals surface area contributed by atoms with Crippen LogP contribution < -0.4 is 10.7 Å². The van der Waals surface area contributed by atoms with Crippen LogP contribution in [0, 0.1) is 0 Å². The van der Waals surface area contributed by atoms with E-state index in [1.165, 1.54) is 35.8 Å². The maximum atomic E-state index is 12.9. The molecule has 0 atom stereocenters. The van der Waals surface area contributed by atoms with Gasteiger partial charge in [0.1, 0.15) is 0 Å². The van der Waals surface area contributed by atoms with Gasteiger partial charge in [-0.3, -0.25) is 5.43 Å². The van der Waals surface area contributed by atoms with E-state index in [0.29, 0.717) is 10.0 Å². The normalized spacial score (nSPS) is 11.7. The summed E-state index contributed by atoms with van der Waals surface area (Å²) in [6.45, 7) is 0. The zero-order chi connectivity index (χ0) is 18.6. The molecule has 0 radical (unpaired) electrons. The molecule has 0 amide bonds. The van der Waals surface area contributed by atoms with E-state index in [4.69, 9.17) is 11.6 Å². The van der Waals surface area contributed by atoms with Gasteiger partial charge in [-0.15, -0.1) is 0 Å². The molecule has 134 valence electrons. The maximum absolute atomic E-state index is 12.9. The van der Waals surface area contributed by atoms with E-state index in [2.05, 4.69) is 20.8 Å². The summed E-state index contributed by atoms with van der Waals surface area (Å²) in [5.74, 6) is 0.